The van der Waals surface area contributed by atoms with E-state index in [1.807, 2.05) is 10.3 Å². The van der Waals surface area contributed by atoms with Gasteiger partial charge in [-0.15, -0.1) is 48.5 Å². The lowest BCUT2D eigenvalue weighted by Crippen LogP contribution is -2.51. The highest BCUT2D eigenvalue weighted by molar-refractivity contribution is 14.0. The van der Waals surface area contributed by atoms with Gasteiger partial charge in [0.25, 0.3) is 0 Å². The highest BCUT2D eigenvalue weighted by Crippen LogP contribution is 2.26. The van der Waals surface area contributed by atoms with Gasteiger partial charge in [-0.25, -0.2) is 9.98 Å². The van der Waals surface area contributed by atoms with E-state index < -0.39 is 6.36 Å². The van der Waals surface area contributed by atoms with E-state index in [-0.39, 0.29) is 36.3 Å². The first kappa shape index (κ1) is 21.5. The van der Waals surface area contributed by atoms with E-state index in [2.05, 4.69) is 19.6 Å². The number of thiazole rings is 1. The van der Waals surface area contributed by atoms with E-state index in [0.717, 1.165) is 18.2 Å². The first-order valence-electron chi connectivity index (χ1n) is 7.95. The zero-order valence-corrected chi connectivity index (χ0v) is 17.4. The molecule has 1 aromatic carbocycles. The Morgan fingerprint density at radius 3 is 2.56 bits per heavy atom. The van der Waals surface area contributed by atoms with Crippen LogP contribution in [-0.4, -0.2) is 48.4 Å². The molecule has 0 saturated carbocycles. The number of nitrogens with zero attached hydrogens (tertiary/aromatic N) is 4. The number of anilines is 1. The number of benzene rings is 1. The van der Waals surface area contributed by atoms with Crippen molar-refractivity contribution in [2.24, 2.45) is 10.7 Å². The van der Waals surface area contributed by atoms with Crippen molar-refractivity contribution in [3.05, 3.63) is 41.4 Å². The van der Waals surface area contributed by atoms with Crippen LogP contribution in [0.3, 0.4) is 0 Å². The second-order valence-electron chi connectivity index (χ2n) is 5.62. The van der Waals surface area contributed by atoms with E-state index in [1.165, 1.54) is 18.2 Å². The molecule has 1 aliphatic heterocycles. The van der Waals surface area contributed by atoms with Gasteiger partial charge in [0.1, 0.15) is 5.75 Å². The molecule has 0 unspecified atom stereocenters. The molecule has 3 rings (SSSR count). The number of para-hydroxylation sites is 1. The predicted octanol–water partition coefficient (Wildman–Crippen LogP) is 3.30. The van der Waals surface area contributed by atoms with Crippen molar-refractivity contribution in [3.8, 4) is 5.75 Å². The molecule has 0 radical (unpaired) electrons. The molecule has 0 amide bonds. The van der Waals surface area contributed by atoms with E-state index in [1.54, 1.807) is 23.6 Å². The van der Waals surface area contributed by atoms with Gasteiger partial charge >= 0.3 is 6.36 Å². The third-order valence-corrected chi connectivity index (χ3v) is 4.74. The van der Waals surface area contributed by atoms with Crippen molar-refractivity contribution >= 4 is 46.4 Å². The second kappa shape index (κ2) is 9.44. The smallest absolute Gasteiger partial charge is 0.405 e. The molecule has 6 nitrogen and oxygen atoms in total. The Kier molecular flexibility index (Phi) is 7.53. The first-order valence-corrected chi connectivity index (χ1v) is 8.83. The standard InChI is InChI=1S/C16H18F3N5OS.HI/c17-16(18,19)25-13-4-2-1-3-12(13)11-22-14(20)23-6-8-24(9-7-23)15-21-5-10-26-15;/h1-5,10H,6-9,11H2,(H2,20,22);1H. The molecule has 148 valence electrons. The van der Waals surface area contributed by atoms with Crippen LogP contribution in [0, 0.1) is 0 Å². The van der Waals surface area contributed by atoms with Gasteiger partial charge < -0.3 is 20.3 Å². The molecule has 2 heterocycles. The number of rotatable bonds is 4. The molecule has 2 aromatic rings. The number of halogens is 4. The van der Waals surface area contributed by atoms with Crippen LogP contribution in [0.4, 0.5) is 18.3 Å². The van der Waals surface area contributed by atoms with Crippen LogP contribution in [0.15, 0.2) is 40.8 Å². The van der Waals surface area contributed by atoms with Crippen LogP contribution in [0.25, 0.3) is 0 Å². The third kappa shape index (κ3) is 6.13. The lowest BCUT2D eigenvalue weighted by molar-refractivity contribution is -0.274. The molecule has 1 fully saturated rings. The summed E-state index contributed by atoms with van der Waals surface area (Å²) in [5.41, 5.74) is 6.35. The average molecular weight is 513 g/mol. The summed E-state index contributed by atoms with van der Waals surface area (Å²) >= 11 is 1.58. The summed E-state index contributed by atoms with van der Waals surface area (Å²) in [6.45, 7) is 2.89. The van der Waals surface area contributed by atoms with Gasteiger partial charge in [-0.2, -0.15) is 0 Å². The Bertz CT molecular complexity index is 749. The fraction of sp³-hybridized carbons (Fsp3) is 0.375. The van der Waals surface area contributed by atoms with Gasteiger partial charge in [-0.1, -0.05) is 18.2 Å². The normalized spacial score (nSPS) is 15.4. The molecule has 11 heteroatoms. The van der Waals surface area contributed by atoms with Crippen LogP contribution < -0.4 is 15.4 Å². The molecule has 2 N–H and O–H groups in total. The number of piperazine rings is 1. The minimum Gasteiger partial charge on any atom is -0.405 e. The van der Waals surface area contributed by atoms with Crippen molar-refractivity contribution in [1.82, 2.24) is 9.88 Å². The molecular weight excluding hydrogens is 494 g/mol. The number of guanidine groups is 1. The maximum Gasteiger partial charge on any atom is 0.573 e. The fourth-order valence-electron chi connectivity index (χ4n) is 2.62. The highest BCUT2D eigenvalue weighted by Gasteiger charge is 2.32. The van der Waals surface area contributed by atoms with E-state index >= 15 is 0 Å². The molecule has 1 saturated heterocycles. The molecule has 0 atom stereocenters. The van der Waals surface area contributed by atoms with Gasteiger partial charge in [-0.3, -0.25) is 0 Å². The Hall–Kier alpha value is -1.76. The lowest BCUT2D eigenvalue weighted by Gasteiger charge is -2.35. The average Bonchev–Trinajstić information content (AvgIpc) is 3.14. The van der Waals surface area contributed by atoms with Gasteiger partial charge in [0.05, 0.1) is 6.54 Å². The second-order valence-corrected chi connectivity index (χ2v) is 6.49. The summed E-state index contributed by atoms with van der Waals surface area (Å²) in [7, 11) is 0. The number of hydrogen-bond donors (Lipinski definition) is 1. The number of nitrogens with two attached hydrogens (primary N) is 1. The summed E-state index contributed by atoms with van der Waals surface area (Å²) < 4.78 is 41.4. The van der Waals surface area contributed by atoms with Gasteiger partial charge in [-0.05, 0) is 6.07 Å². The summed E-state index contributed by atoms with van der Waals surface area (Å²) in [6, 6.07) is 5.92. The van der Waals surface area contributed by atoms with Crippen molar-refractivity contribution in [2.45, 2.75) is 12.9 Å². The van der Waals surface area contributed by atoms with Crippen molar-refractivity contribution < 1.29 is 17.9 Å². The maximum atomic E-state index is 12.5. The Balaban J connectivity index is 0.00000261. The fourth-order valence-corrected chi connectivity index (χ4v) is 3.32. The summed E-state index contributed by atoms with van der Waals surface area (Å²) in [5, 5.41) is 2.90. The van der Waals surface area contributed by atoms with Gasteiger partial charge in [0, 0.05) is 43.3 Å². The van der Waals surface area contributed by atoms with Crippen LogP contribution >= 0.6 is 35.3 Å². The molecule has 1 aliphatic rings. The van der Waals surface area contributed by atoms with Crippen LogP contribution in [0.1, 0.15) is 5.56 Å². The highest BCUT2D eigenvalue weighted by atomic mass is 127. The minimum absolute atomic E-state index is 0. The van der Waals surface area contributed by atoms with Gasteiger partial charge in [0.15, 0.2) is 11.1 Å². The Labute approximate surface area is 175 Å². The quantitative estimate of drug-likeness (QED) is 0.386. The zero-order chi connectivity index (χ0) is 18.6. The maximum absolute atomic E-state index is 12.5. The molecule has 27 heavy (non-hydrogen) atoms. The zero-order valence-electron chi connectivity index (χ0n) is 14.2. The largest absolute Gasteiger partial charge is 0.573 e. The van der Waals surface area contributed by atoms with Crippen LogP contribution in [0.5, 0.6) is 5.75 Å². The number of ether oxygens (including phenoxy) is 1. The molecule has 0 aliphatic carbocycles. The van der Waals surface area contributed by atoms with Crippen LogP contribution in [0.2, 0.25) is 0 Å². The third-order valence-electron chi connectivity index (χ3n) is 3.90. The molecule has 1 aromatic heterocycles. The topological polar surface area (TPSA) is 67.0 Å². The lowest BCUT2D eigenvalue weighted by atomic mass is 10.2. The monoisotopic (exact) mass is 513 g/mol. The van der Waals surface area contributed by atoms with Crippen molar-refractivity contribution in [1.29, 1.82) is 0 Å². The van der Waals surface area contributed by atoms with E-state index in [0.29, 0.717) is 24.6 Å². The summed E-state index contributed by atoms with van der Waals surface area (Å²) in [4.78, 5) is 12.6. The van der Waals surface area contributed by atoms with Crippen molar-refractivity contribution in [2.75, 3.05) is 31.1 Å². The molecule has 0 bridgehead atoms. The number of alkyl halides is 3. The number of aromatic nitrogens is 1. The van der Waals surface area contributed by atoms with Crippen LogP contribution in [-0.2, 0) is 6.54 Å². The number of aliphatic imine (C=N–C) groups is 1. The predicted molar refractivity (Wildman–Crippen MR) is 110 cm³/mol. The molecule has 0 spiro atoms. The number of hydrogen-bond acceptors (Lipinski definition) is 5. The summed E-state index contributed by atoms with van der Waals surface area (Å²) in [6.07, 6.45) is -2.97. The SMILES string of the molecule is I.NC(=NCc1ccccc1OC(F)(F)F)N1CCN(c2nccs2)CC1. The van der Waals surface area contributed by atoms with E-state index in [4.69, 9.17) is 5.73 Å². The first-order chi connectivity index (χ1) is 12.4. The van der Waals surface area contributed by atoms with Crippen molar-refractivity contribution in [3.63, 3.8) is 0 Å². The molecular formula is C16H19F3IN5OS. The summed E-state index contributed by atoms with van der Waals surface area (Å²) in [5.74, 6) is 0.0516. The Morgan fingerprint density at radius 1 is 1.22 bits per heavy atom. The minimum atomic E-state index is -4.74. The van der Waals surface area contributed by atoms with Gasteiger partial charge in [0.2, 0.25) is 0 Å². The van der Waals surface area contributed by atoms with E-state index in [9.17, 15) is 13.2 Å². The Morgan fingerprint density at radius 2 is 1.93 bits per heavy atom.